The lowest BCUT2D eigenvalue weighted by atomic mass is 9.73. The smallest absolute Gasteiger partial charge is 0.122 e. The van der Waals surface area contributed by atoms with Crippen molar-refractivity contribution in [2.75, 3.05) is 0 Å². The first-order chi connectivity index (χ1) is 11.4. The van der Waals surface area contributed by atoms with Crippen molar-refractivity contribution in [3.05, 3.63) is 22.8 Å². The standard InChI is InChI=1S/C23H40O2/c1-15(10-9-11-16(2)19(5)23(6,7)8)12-13-20-14-21(24)17(3)18(4)22(20)25/h14-16,19,24-25H,9-13H2,1-8H3/t15-,16?,19+/m0/s1. The SMILES string of the molecule is Cc1c(O)cc(CC[C@@H](C)CCCC(C)[C@@H](C)C(C)(C)C)c(O)c1C. The molecule has 0 saturated carbocycles. The summed E-state index contributed by atoms with van der Waals surface area (Å²) in [6, 6.07) is 1.73. The van der Waals surface area contributed by atoms with Crippen LogP contribution in [0.1, 0.15) is 83.9 Å². The van der Waals surface area contributed by atoms with Crippen LogP contribution in [0.15, 0.2) is 6.07 Å². The second-order valence-electron chi connectivity index (χ2n) is 9.36. The number of hydrogen-bond donors (Lipinski definition) is 2. The largest absolute Gasteiger partial charge is 0.508 e. The fourth-order valence-corrected chi connectivity index (χ4v) is 3.58. The molecule has 1 rings (SSSR count). The third kappa shape index (κ3) is 6.24. The number of benzene rings is 1. The van der Waals surface area contributed by atoms with Gasteiger partial charge < -0.3 is 10.2 Å². The molecule has 2 heteroatoms. The molecule has 0 fully saturated rings. The number of phenols is 2. The summed E-state index contributed by atoms with van der Waals surface area (Å²) in [7, 11) is 0. The van der Waals surface area contributed by atoms with E-state index in [2.05, 4.69) is 41.5 Å². The molecule has 0 bridgehead atoms. The summed E-state index contributed by atoms with van der Waals surface area (Å²) in [5, 5.41) is 20.3. The maximum absolute atomic E-state index is 10.3. The molecule has 0 heterocycles. The Kier molecular flexibility index (Phi) is 7.84. The van der Waals surface area contributed by atoms with Gasteiger partial charge in [-0.1, -0.05) is 60.8 Å². The Bertz CT molecular complexity index is 554. The highest BCUT2D eigenvalue weighted by molar-refractivity contribution is 5.51. The minimum atomic E-state index is 0.294. The molecule has 144 valence electrons. The van der Waals surface area contributed by atoms with Crippen molar-refractivity contribution in [1.29, 1.82) is 0 Å². The van der Waals surface area contributed by atoms with Gasteiger partial charge in [-0.3, -0.25) is 0 Å². The lowest BCUT2D eigenvalue weighted by molar-refractivity contribution is 0.176. The molecule has 0 aliphatic carbocycles. The average molecular weight is 349 g/mol. The summed E-state index contributed by atoms with van der Waals surface area (Å²) >= 11 is 0. The van der Waals surface area contributed by atoms with Crippen LogP contribution in [0.25, 0.3) is 0 Å². The van der Waals surface area contributed by atoms with Gasteiger partial charge in [0, 0.05) is 0 Å². The molecule has 0 spiro atoms. The number of aryl methyl sites for hydroxylation is 1. The third-order valence-corrected chi connectivity index (χ3v) is 6.40. The zero-order chi connectivity index (χ0) is 19.4. The highest BCUT2D eigenvalue weighted by atomic mass is 16.3. The number of hydrogen-bond acceptors (Lipinski definition) is 2. The first kappa shape index (κ1) is 21.9. The Morgan fingerprint density at radius 2 is 1.52 bits per heavy atom. The molecular formula is C23H40O2. The minimum absolute atomic E-state index is 0.294. The first-order valence-corrected chi connectivity index (χ1v) is 9.96. The van der Waals surface area contributed by atoms with E-state index < -0.39 is 0 Å². The van der Waals surface area contributed by atoms with Crippen LogP contribution in [0.2, 0.25) is 0 Å². The van der Waals surface area contributed by atoms with Crippen LogP contribution >= 0.6 is 0 Å². The lowest BCUT2D eigenvalue weighted by Crippen LogP contribution is -2.23. The van der Waals surface area contributed by atoms with E-state index in [9.17, 15) is 10.2 Å². The van der Waals surface area contributed by atoms with Gasteiger partial charge in [-0.2, -0.15) is 0 Å². The van der Waals surface area contributed by atoms with Crippen LogP contribution in [-0.2, 0) is 6.42 Å². The van der Waals surface area contributed by atoms with Gasteiger partial charge in [-0.15, -0.1) is 0 Å². The van der Waals surface area contributed by atoms with Crippen LogP contribution in [0.3, 0.4) is 0 Å². The van der Waals surface area contributed by atoms with E-state index in [0.29, 0.717) is 22.8 Å². The van der Waals surface area contributed by atoms with Crippen molar-refractivity contribution in [2.45, 2.75) is 87.5 Å². The fourth-order valence-electron chi connectivity index (χ4n) is 3.58. The predicted molar refractivity (Wildman–Crippen MR) is 108 cm³/mol. The second kappa shape index (κ2) is 8.96. The normalized spacial score (nSPS) is 15.8. The molecular weight excluding hydrogens is 308 g/mol. The molecule has 0 aromatic heterocycles. The predicted octanol–water partition coefficient (Wildman–Crippen LogP) is 6.77. The number of phenolic OH excluding ortho intramolecular Hbond substituents is 2. The maximum atomic E-state index is 10.3. The number of rotatable bonds is 8. The molecule has 1 unspecified atom stereocenters. The molecule has 0 aliphatic rings. The maximum Gasteiger partial charge on any atom is 0.122 e. The molecule has 3 atom stereocenters. The Morgan fingerprint density at radius 3 is 2.08 bits per heavy atom. The number of aromatic hydroxyl groups is 2. The Hall–Kier alpha value is -1.18. The van der Waals surface area contributed by atoms with Gasteiger partial charge >= 0.3 is 0 Å². The molecule has 2 N–H and O–H groups in total. The van der Waals surface area contributed by atoms with Gasteiger partial charge in [0.25, 0.3) is 0 Å². The van der Waals surface area contributed by atoms with Crippen molar-refractivity contribution in [1.82, 2.24) is 0 Å². The summed E-state index contributed by atoms with van der Waals surface area (Å²) in [4.78, 5) is 0. The summed E-state index contributed by atoms with van der Waals surface area (Å²) in [5.74, 6) is 2.78. The van der Waals surface area contributed by atoms with Gasteiger partial charge in [0.2, 0.25) is 0 Å². The van der Waals surface area contributed by atoms with Crippen molar-refractivity contribution < 1.29 is 10.2 Å². The summed E-state index contributed by atoms with van der Waals surface area (Å²) in [6.45, 7) is 17.8. The van der Waals surface area contributed by atoms with Crippen LogP contribution in [0.4, 0.5) is 0 Å². The molecule has 25 heavy (non-hydrogen) atoms. The van der Waals surface area contributed by atoms with E-state index in [1.54, 1.807) is 6.07 Å². The van der Waals surface area contributed by atoms with Crippen molar-refractivity contribution in [3.63, 3.8) is 0 Å². The second-order valence-corrected chi connectivity index (χ2v) is 9.36. The third-order valence-electron chi connectivity index (χ3n) is 6.40. The Labute approximate surface area is 155 Å². The monoisotopic (exact) mass is 348 g/mol. The highest BCUT2D eigenvalue weighted by Gasteiger charge is 2.25. The van der Waals surface area contributed by atoms with E-state index >= 15 is 0 Å². The van der Waals surface area contributed by atoms with Gasteiger partial charge in [0.15, 0.2) is 0 Å². The molecule has 1 aromatic rings. The van der Waals surface area contributed by atoms with E-state index in [4.69, 9.17) is 0 Å². The van der Waals surface area contributed by atoms with Crippen molar-refractivity contribution >= 4 is 0 Å². The Balaban J connectivity index is 2.45. The van der Waals surface area contributed by atoms with Crippen LogP contribution in [0, 0.1) is 37.0 Å². The zero-order valence-corrected chi connectivity index (χ0v) is 17.7. The van der Waals surface area contributed by atoms with Crippen molar-refractivity contribution in [2.24, 2.45) is 23.2 Å². The van der Waals surface area contributed by atoms with E-state index in [1.165, 1.54) is 19.3 Å². The minimum Gasteiger partial charge on any atom is -0.508 e. The summed E-state index contributed by atoms with van der Waals surface area (Å²) in [6.07, 6.45) is 5.68. The van der Waals surface area contributed by atoms with Gasteiger partial charge in [0.1, 0.15) is 11.5 Å². The fraction of sp³-hybridized carbons (Fsp3) is 0.739. The van der Waals surface area contributed by atoms with Crippen LogP contribution in [-0.4, -0.2) is 10.2 Å². The molecule has 0 amide bonds. The first-order valence-electron chi connectivity index (χ1n) is 9.96. The Morgan fingerprint density at radius 1 is 0.920 bits per heavy atom. The summed E-state index contributed by atoms with van der Waals surface area (Å²) < 4.78 is 0. The van der Waals surface area contributed by atoms with E-state index in [1.807, 2.05) is 13.8 Å². The van der Waals surface area contributed by atoms with Crippen LogP contribution < -0.4 is 0 Å². The molecule has 2 nitrogen and oxygen atoms in total. The quantitative estimate of drug-likeness (QED) is 0.509. The van der Waals surface area contributed by atoms with Crippen molar-refractivity contribution in [3.8, 4) is 11.5 Å². The zero-order valence-electron chi connectivity index (χ0n) is 17.7. The molecule has 0 saturated heterocycles. The molecule has 0 aliphatic heterocycles. The molecule has 0 radical (unpaired) electrons. The van der Waals surface area contributed by atoms with Crippen LogP contribution in [0.5, 0.6) is 11.5 Å². The highest BCUT2D eigenvalue weighted by Crippen LogP contribution is 2.35. The van der Waals surface area contributed by atoms with Gasteiger partial charge in [-0.05, 0) is 72.6 Å². The average Bonchev–Trinajstić information content (AvgIpc) is 2.53. The summed E-state index contributed by atoms with van der Waals surface area (Å²) in [5.41, 5.74) is 2.83. The van der Waals surface area contributed by atoms with E-state index in [-0.39, 0.29) is 0 Å². The van der Waals surface area contributed by atoms with Gasteiger partial charge in [-0.25, -0.2) is 0 Å². The molecule has 1 aromatic carbocycles. The topological polar surface area (TPSA) is 40.5 Å². The van der Waals surface area contributed by atoms with Gasteiger partial charge in [0.05, 0.1) is 0 Å². The van der Waals surface area contributed by atoms with E-state index in [0.717, 1.165) is 41.4 Å². The lowest BCUT2D eigenvalue weighted by Gasteiger charge is -2.32.